The third-order valence-corrected chi connectivity index (χ3v) is 9.26. The number of para-hydroxylation sites is 1. The number of carbonyl (C=O) groups excluding carboxylic acids is 5. The van der Waals surface area contributed by atoms with E-state index in [1.54, 1.807) is 55.5 Å². The molecule has 1 aromatic heterocycles. The van der Waals surface area contributed by atoms with Gasteiger partial charge in [0.05, 0.1) is 30.5 Å². The minimum atomic E-state index is -1.63. The minimum Gasteiger partial charge on any atom is -0.482 e. The number of carbonyl (C=O) groups is 5. The molecule has 0 bridgehead atoms. The summed E-state index contributed by atoms with van der Waals surface area (Å²) in [7, 11) is 2.72. The summed E-state index contributed by atoms with van der Waals surface area (Å²) in [6.45, 7) is 2.37. The van der Waals surface area contributed by atoms with Crippen LogP contribution in [0, 0.1) is 6.92 Å². The average molecular weight is 795 g/mol. The van der Waals surface area contributed by atoms with Gasteiger partial charge in [0.25, 0.3) is 5.91 Å². The fourth-order valence-electron chi connectivity index (χ4n) is 4.45. The summed E-state index contributed by atoms with van der Waals surface area (Å²) >= 11 is 3.11. The number of rotatable bonds is 19. The van der Waals surface area contributed by atoms with E-state index in [9.17, 15) is 24.0 Å². The highest BCUT2D eigenvalue weighted by atomic mass is 127. The molecule has 3 aromatic rings. The van der Waals surface area contributed by atoms with E-state index in [4.69, 9.17) is 18.9 Å². The van der Waals surface area contributed by atoms with Gasteiger partial charge in [0.15, 0.2) is 18.0 Å². The van der Waals surface area contributed by atoms with E-state index in [0.29, 0.717) is 15.6 Å². The Balaban J connectivity index is 1.77. The molecule has 2 aromatic carbocycles. The van der Waals surface area contributed by atoms with Crippen LogP contribution in [0.4, 0.5) is 0 Å². The quantitative estimate of drug-likeness (QED) is 0.0931. The van der Waals surface area contributed by atoms with Gasteiger partial charge in [-0.1, -0.05) is 71.1 Å². The number of thiazole rings is 1. The van der Waals surface area contributed by atoms with Gasteiger partial charge in [-0.3, -0.25) is 19.2 Å². The van der Waals surface area contributed by atoms with Gasteiger partial charge < -0.3 is 34.9 Å². The number of nitrogens with one attached hydrogen (secondary N) is 3. The van der Waals surface area contributed by atoms with Crippen molar-refractivity contribution in [3.8, 4) is 5.75 Å². The number of aryl methyl sites for hydroxylation is 1. The van der Waals surface area contributed by atoms with Crippen molar-refractivity contribution in [2.24, 2.45) is 0 Å². The van der Waals surface area contributed by atoms with E-state index in [0.717, 1.165) is 16.9 Å². The van der Waals surface area contributed by atoms with Gasteiger partial charge >= 0.3 is 5.97 Å². The van der Waals surface area contributed by atoms with Crippen molar-refractivity contribution < 1.29 is 42.9 Å². The lowest BCUT2D eigenvalue weighted by Gasteiger charge is -2.31. The van der Waals surface area contributed by atoms with Crippen LogP contribution in [0.5, 0.6) is 5.75 Å². The lowest BCUT2D eigenvalue weighted by Crippen LogP contribution is -2.60. The molecule has 3 rings (SSSR count). The molecule has 1 heterocycles. The minimum absolute atomic E-state index is 0.0694. The molecule has 0 unspecified atom stereocenters. The number of alkyl halides is 1. The number of ether oxygens (including phenoxy) is 4. The molecule has 0 spiro atoms. The van der Waals surface area contributed by atoms with Crippen molar-refractivity contribution in [1.82, 2.24) is 20.9 Å². The summed E-state index contributed by atoms with van der Waals surface area (Å²) < 4.78 is 21.6. The third-order valence-electron chi connectivity index (χ3n) is 6.90. The number of ketones is 1. The Bertz CT molecular complexity index is 1530. The highest BCUT2D eigenvalue weighted by molar-refractivity contribution is 14.1. The molecule has 0 fully saturated rings. The second-order valence-electron chi connectivity index (χ2n) is 10.8. The van der Waals surface area contributed by atoms with Gasteiger partial charge in [-0.25, -0.2) is 9.78 Å². The molecule has 0 aliphatic carbocycles. The molecule has 13 nitrogen and oxygen atoms in total. The zero-order valence-electron chi connectivity index (χ0n) is 27.0. The molecular formula is C33H39IN4O9S. The Morgan fingerprint density at radius 1 is 0.854 bits per heavy atom. The summed E-state index contributed by atoms with van der Waals surface area (Å²) in [5, 5.41) is 8.60. The van der Waals surface area contributed by atoms with Crippen LogP contribution < -0.4 is 20.7 Å². The molecule has 3 amide bonds. The first-order valence-electron chi connectivity index (χ1n) is 14.9. The van der Waals surface area contributed by atoms with Crippen LogP contribution in [0.3, 0.4) is 0 Å². The van der Waals surface area contributed by atoms with Gasteiger partial charge in [-0.15, -0.1) is 11.3 Å². The summed E-state index contributed by atoms with van der Waals surface area (Å²) in [5.74, 6) is -2.83. The van der Waals surface area contributed by atoms with E-state index in [1.807, 2.05) is 34.7 Å². The van der Waals surface area contributed by atoms with Crippen molar-refractivity contribution in [2.45, 2.75) is 44.0 Å². The van der Waals surface area contributed by atoms with Crippen molar-refractivity contribution in [3.63, 3.8) is 0 Å². The first kappa shape index (κ1) is 38.5. The fourth-order valence-corrected chi connectivity index (χ4v) is 5.66. The number of methoxy groups -OCH3 is 2. The largest absolute Gasteiger partial charge is 0.482 e. The van der Waals surface area contributed by atoms with Crippen LogP contribution in [0.25, 0.3) is 0 Å². The van der Waals surface area contributed by atoms with E-state index >= 15 is 0 Å². The maximum Gasteiger partial charge on any atom is 0.345 e. The normalized spacial score (nSPS) is 14.0. The smallest absolute Gasteiger partial charge is 0.345 e. The number of Topliss-reactive ketones (excluding diaryl/α,β-unsaturated/α-hetero) is 1. The number of halogens is 1. The monoisotopic (exact) mass is 794 g/mol. The molecule has 48 heavy (non-hydrogen) atoms. The molecule has 4 atom stereocenters. The highest BCUT2D eigenvalue weighted by Gasteiger charge is 2.42. The number of benzene rings is 2. The lowest BCUT2D eigenvalue weighted by atomic mass is 9.92. The van der Waals surface area contributed by atoms with Gasteiger partial charge in [0.1, 0.15) is 22.7 Å². The van der Waals surface area contributed by atoms with E-state index in [2.05, 4.69) is 20.9 Å². The number of esters is 1. The Kier molecular flexibility index (Phi) is 15.4. The van der Waals surface area contributed by atoms with Crippen molar-refractivity contribution in [2.75, 3.05) is 38.5 Å². The number of hydrogen-bond donors (Lipinski definition) is 3. The van der Waals surface area contributed by atoms with Crippen LogP contribution in [0.1, 0.15) is 27.2 Å². The Morgan fingerprint density at radius 3 is 1.96 bits per heavy atom. The molecule has 0 aliphatic heterocycles. The summed E-state index contributed by atoms with van der Waals surface area (Å²) in [5.41, 5.74) is -0.896. The summed E-state index contributed by atoms with van der Waals surface area (Å²) in [6, 6.07) is 14.1. The van der Waals surface area contributed by atoms with Gasteiger partial charge in [0, 0.05) is 18.6 Å². The average Bonchev–Trinajstić information content (AvgIpc) is 3.53. The van der Waals surface area contributed by atoms with Gasteiger partial charge in [0.2, 0.25) is 11.8 Å². The third kappa shape index (κ3) is 11.6. The number of aromatic nitrogens is 1. The number of hydrogen-bond acceptors (Lipinski definition) is 11. The van der Waals surface area contributed by atoms with Crippen molar-refractivity contribution in [3.05, 3.63) is 82.3 Å². The van der Waals surface area contributed by atoms with Crippen LogP contribution in [0.15, 0.2) is 66.9 Å². The SMILES string of the molecule is COC[C@H](NC(=O)c1cnc(C)s1)C(=O)N[C@@H](COC)C(=O)N[C@@H](Cc1ccccc1)C(=O)[C@@](C)(CI)OC(=O)COc1ccccc1. The first-order valence-corrected chi connectivity index (χ1v) is 17.2. The molecule has 15 heteroatoms. The van der Waals surface area contributed by atoms with E-state index in [-0.39, 0.29) is 24.1 Å². The zero-order valence-corrected chi connectivity index (χ0v) is 30.0. The summed E-state index contributed by atoms with van der Waals surface area (Å²) in [6.07, 6.45) is 1.47. The topological polar surface area (TPSA) is 171 Å². The van der Waals surface area contributed by atoms with Crippen molar-refractivity contribution in [1.29, 1.82) is 0 Å². The second-order valence-corrected chi connectivity index (χ2v) is 12.8. The maximum atomic E-state index is 14.1. The standard InChI is InChI=1S/C33H39IN4O9S/c1-21-35-16-27(48-21)32(43)38-26(18-45-4)31(42)37-25(17-44-3)30(41)36-24(15-22-11-7-5-8-12-22)29(40)33(2,20-34)47-28(39)19-46-23-13-9-6-10-14-23/h5-14,16,24-26H,15,17-20H2,1-4H3,(H,36,41)(H,37,42)(H,38,43)/t24-,25-,26-,33+/m0/s1. The first-order chi connectivity index (χ1) is 23.0. The number of nitrogens with zero attached hydrogens (tertiary/aromatic N) is 1. The maximum absolute atomic E-state index is 14.1. The Hall–Kier alpha value is -3.93. The Morgan fingerprint density at radius 2 is 1.42 bits per heavy atom. The molecular weight excluding hydrogens is 755 g/mol. The van der Waals surface area contributed by atoms with Crippen LogP contribution in [0.2, 0.25) is 0 Å². The molecule has 258 valence electrons. The van der Waals surface area contributed by atoms with Crippen molar-refractivity contribution >= 4 is 63.4 Å². The van der Waals surface area contributed by atoms with Gasteiger partial charge in [-0.05, 0) is 38.0 Å². The molecule has 0 saturated heterocycles. The number of amides is 3. The Labute approximate surface area is 296 Å². The molecule has 0 aliphatic rings. The van der Waals surface area contributed by atoms with Crippen LogP contribution in [-0.2, 0) is 39.8 Å². The fraction of sp³-hybridized carbons (Fsp3) is 0.394. The second kappa shape index (κ2) is 19.2. The van der Waals surface area contributed by atoms with E-state index in [1.165, 1.54) is 27.3 Å². The predicted molar refractivity (Wildman–Crippen MR) is 186 cm³/mol. The lowest BCUT2D eigenvalue weighted by molar-refractivity contribution is -0.166. The predicted octanol–water partition coefficient (Wildman–Crippen LogP) is 2.44. The zero-order chi connectivity index (χ0) is 35.1. The summed E-state index contributed by atoms with van der Waals surface area (Å²) in [4.78, 5) is 71.0. The van der Waals surface area contributed by atoms with Crippen LogP contribution >= 0.6 is 33.9 Å². The molecule has 0 saturated carbocycles. The van der Waals surface area contributed by atoms with E-state index < -0.39 is 59.8 Å². The highest BCUT2D eigenvalue weighted by Crippen LogP contribution is 2.21. The van der Waals surface area contributed by atoms with Crippen LogP contribution in [-0.4, -0.2) is 96.7 Å². The molecule has 0 radical (unpaired) electrons. The van der Waals surface area contributed by atoms with Gasteiger partial charge in [-0.2, -0.15) is 0 Å². The molecule has 3 N–H and O–H groups in total.